The van der Waals surface area contributed by atoms with Crippen molar-refractivity contribution in [3.8, 4) is 11.6 Å². The van der Waals surface area contributed by atoms with E-state index < -0.39 is 0 Å². The van der Waals surface area contributed by atoms with Crippen molar-refractivity contribution < 1.29 is 4.79 Å². The number of rotatable bonds is 5. The van der Waals surface area contributed by atoms with Crippen LogP contribution in [0, 0.1) is 0 Å². The molecule has 7 heteroatoms. The number of aromatic nitrogens is 5. The maximum absolute atomic E-state index is 11.9. The summed E-state index contributed by atoms with van der Waals surface area (Å²) in [6.07, 6.45) is 8.45. The number of hydrogen-bond acceptors (Lipinski definition) is 5. The fourth-order valence-electron chi connectivity index (χ4n) is 1.99. The molecule has 0 atom stereocenters. The van der Waals surface area contributed by atoms with Crippen molar-refractivity contribution in [1.82, 2.24) is 29.8 Å². The quantitative estimate of drug-likeness (QED) is 0.763. The Morgan fingerprint density at radius 1 is 1.00 bits per heavy atom. The molecule has 1 amide bonds. The van der Waals surface area contributed by atoms with Gasteiger partial charge in [-0.15, -0.1) is 0 Å². The lowest BCUT2D eigenvalue weighted by Gasteiger charge is -2.08. The first-order chi connectivity index (χ1) is 10.8. The summed E-state index contributed by atoms with van der Waals surface area (Å²) < 4.78 is 1.90. The second-order valence-corrected chi connectivity index (χ2v) is 4.49. The molecule has 3 rings (SSSR count). The van der Waals surface area contributed by atoms with Crippen LogP contribution in [-0.4, -0.2) is 37.0 Å². The Balaban J connectivity index is 1.61. The molecule has 7 nitrogen and oxygen atoms in total. The molecule has 0 spiro atoms. The topological polar surface area (TPSA) is 85.6 Å². The lowest BCUT2D eigenvalue weighted by Crippen LogP contribution is -2.28. The molecule has 0 aliphatic carbocycles. The number of nitrogens with zero attached hydrogens (tertiary/aromatic N) is 5. The number of carbonyl (C=O) groups is 1. The number of amides is 1. The van der Waals surface area contributed by atoms with Crippen molar-refractivity contribution in [2.24, 2.45) is 0 Å². The summed E-state index contributed by atoms with van der Waals surface area (Å²) in [6.45, 7) is 1.04. The first kappa shape index (κ1) is 13.9. The lowest BCUT2D eigenvalue weighted by atomic mass is 10.3. The Morgan fingerprint density at radius 3 is 2.59 bits per heavy atom. The summed E-state index contributed by atoms with van der Waals surface area (Å²) in [5.41, 5.74) is 0.403. The molecule has 3 aromatic heterocycles. The second kappa shape index (κ2) is 6.57. The molecule has 0 saturated carbocycles. The second-order valence-electron chi connectivity index (χ2n) is 4.49. The molecule has 0 radical (unpaired) electrons. The SMILES string of the molecule is O=C(NCCn1ccnc1-c1ncccn1)c1ccccn1. The summed E-state index contributed by atoms with van der Waals surface area (Å²) in [6, 6.07) is 6.98. The van der Waals surface area contributed by atoms with Crippen molar-refractivity contribution >= 4 is 5.91 Å². The summed E-state index contributed by atoms with van der Waals surface area (Å²) >= 11 is 0. The summed E-state index contributed by atoms with van der Waals surface area (Å²) in [4.78, 5) is 28.5. The molecular formula is C15H14N6O. The summed E-state index contributed by atoms with van der Waals surface area (Å²) in [5, 5.41) is 2.83. The smallest absolute Gasteiger partial charge is 0.269 e. The minimum absolute atomic E-state index is 0.196. The van der Waals surface area contributed by atoms with Gasteiger partial charge in [0.2, 0.25) is 0 Å². The van der Waals surface area contributed by atoms with Crippen molar-refractivity contribution in [2.45, 2.75) is 6.54 Å². The first-order valence-corrected chi connectivity index (χ1v) is 6.82. The van der Waals surface area contributed by atoms with Crippen LogP contribution in [0.15, 0.2) is 55.2 Å². The van der Waals surface area contributed by atoms with Crippen LogP contribution in [0.1, 0.15) is 10.5 Å². The van der Waals surface area contributed by atoms with Gasteiger partial charge in [-0.1, -0.05) is 6.07 Å². The van der Waals surface area contributed by atoms with E-state index in [1.54, 1.807) is 49.1 Å². The molecule has 22 heavy (non-hydrogen) atoms. The van der Waals surface area contributed by atoms with Crippen molar-refractivity contribution in [3.63, 3.8) is 0 Å². The van der Waals surface area contributed by atoms with Gasteiger partial charge in [0.05, 0.1) is 0 Å². The highest BCUT2D eigenvalue weighted by atomic mass is 16.1. The third-order valence-corrected chi connectivity index (χ3v) is 3.02. The molecule has 0 fully saturated rings. The zero-order valence-electron chi connectivity index (χ0n) is 11.8. The predicted molar refractivity (Wildman–Crippen MR) is 79.8 cm³/mol. The van der Waals surface area contributed by atoms with Crippen LogP contribution >= 0.6 is 0 Å². The van der Waals surface area contributed by atoms with Crippen LogP contribution in [0.4, 0.5) is 0 Å². The molecular weight excluding hydrogens is 280 g/mol. The Hall–Kier alpha value is -3.09. The highest BCUT2D eigenvalue weighted by molar-refractivity contribution is 5.92. The van der Waals surface area contributed by atoms with E-state index >= 15 is 0 Å². The molecule has 3 aromatic rings. The number of carbonyl (C=O) groups excluding carboxylic acids is 1. The van der Waals surface area contributed by atoms with Gasteiger partial charge in [0, 0.05) is 44.1 Å². The van der Waals surface area contributed by atoms with Crippen LogP contribution in [0.25, 0.3) is 11.6 Å². The largest absolute Gasteiger partial charge is 0.349 e. The van der Waals surface area contributed by atoms with Gasteiger partial charge in [-0.3, -0.25) is 9.78 Å². The molecule has 0 aliphatic heterocycles. The first-order valence-electron chi connectivity index (χ1n) is 6.82. The van der Waals surface area contributed by atoms with Gasteiger partial charge in [0.15, 0.2) is 11.6 Å². The van der Waals surface area contributed by atoms with E-state index in [1.165, 1.54) is 0 Å². The van der Waals surface area contributed by atoms with E-state index in [1.807, 2.05) is 10.8 Å². The Bertz CT molecular complexity index is 741. The molecule has 0 saturated heterocycles. The van der Waals surface area contributed by atoms with Gasteiger partial charge in [-0.05, 0) is 18.2 Å². The molecule has 0 unspecified atom stereocenters. The van der Waals surface area contributed by atoms with E-state index in [-0.39, 0.29) is 5.91 Å². The van der Waals surface area contributed by atoms with E-state index in [4.69, 9.17) is 0 Å². The number of pyridine rings is 1. The Labute approximate surface area is 127 Å². The maximum atomic E-state index is 11.9. The highest BCUT2D eigenvalue weighted by Gasteiger charge is 2.09. The molecule has 110 valence electrons. The van der Waals surface area contributed by atoms with E-state index in [9.17, 15) is 4.79 Å². The van der Waals surface area contributed by atoms with Crippen LogP contribution in [0.3, 0.4) is 0 Å². The molecule has 3 heterocycles. The van der Waals surface area contributed by atoms with Crippen molar-refractivity contribution in [2.75, 3.05) is 6.54 Å². The zero-order chi connectivity index (χ0) is 15.2. The van der Waals surface area contributed by atoms with Crippen molar-refractivity contribution in [1.29, 1.82) is 0 Å². The standard InChI is InChI=1S/C15H14N6O/c22-15(12-4-1-2-5-16-12)20-9-11-21-10-8-19-14(21)13-17-6-3-7-18-13/h1-8,10H,9,11H2,(H,20,22). The average Bonchev–Trinajstić information content (AvgIpc) is 3.05. The van der Waals surface area contributed by atoms with E-state index in [0.29, 0.717) is 30.4 Å². The van der Waals surface area contributed by atoms with Gasteiger partial charge in [-0.2, -0.15) is 0 Å². The van der Waals surface area contributed by atoms with Gasteiger partial charge < -0.3 is 9.88 Å². The van der Waals surface area contributed by atoms with Gasteiger partial charge in [-0.25, -0.2) is 15.0 Å². The fourth-order valence-corrected chi connectivity index (χ4v) is 1.99. The third kappa shape index (κ3) is 3.14. The molecule has 0 bridgehead atoms. The van der Waals surface area contributed by atoms with Crippen LogP contribution in [-0.2, 0) is 6.54 Å². The van der Waals surface area contributed by atoms with Crippen LogP contribution in [0.2, 0.25) is 0 Å². The Kier molecular flexibility index (Phi) is 4.15. The Morgan fingerprint density at radius 2 is 1.82 bits per heavy atom. The van der Waals surface area contributed by atoms with Gasteiger partial charge in [0.25, 0.3) is 5.91 Å². The minimum atomic E-state index is -0.196. The summed E-state index contributed by atoms with van der Waals surface area (Å²) in [7, 11) is 0. The zero-order valence-corrected chi connectivity index (χ0v) is 11.8. The van der Waals surface area contributed by atoms with E-state index in [0.717, 1.165) is 0 Å². The summed E-state index contributed by atoms with van der Waals surface area (Å²) in [5.74, 6) is 1.04. The third-order valence-electron chi connectivity index (χ3n) is 3.02. The normalized spacial score (nSPS) is 10.4. The van der Waals surface area contributed by atoms with Gasteiger partial charge >= 0.3 is 0 Å². The van der Waals surface area contributed by atoms with Gasteiger partial charge in [0.1, 0.15) is 5.69 Å². The average molecular weight is 294 g/mol. The number of nitrogens with one attached hydrogen (secondary N) is 1. The molecule has 0 aromatic carbocycles. The number of hydrogen-bond donors (Lipinski definition) is 1. The highest BCUT2D eigenvalue weighted by Crippen LogP contribution is 2.10. The molecule has 0 aliphatic rings. The monoisotopic (exact) mass is 294 g/mol. The minimum Gasteiger partial charge on any atom is -0.349 e. The maximum Gasteiger partial charge on any atom is 0.269 e. The number of imidazole rings is 1. The predicted octanol–water partition coefficient (Wildman–Crippen LogP) is 1.17. The van der Waals surface area contributed by atoms with Crippen LogP contribution in [0.5, 0.6) is 0 Å². The van der Waals surface area contributed by atoms with Crippen LogP contribution < -0.4 is 5.32 Å². The fraction of sp³-hybridized carbons (Fsp3) is 0.133. The van der Waals surface area contributed by atoms with E-state index in [2.05, 4.69) is 25.3 Å². The lowest BCUT2D eigenvalue weighted by molar-refractivity contribution is 0.0947. The molecule has 1 N–H and O–H groups in total. The van der Waals surface area contributed by atoms with Crippen molar-refractivity contribution in [3.05, 3.63) is 60.9 Å².